The smallest absolute Gasteiger partial charge is 0.306 e. The molecule has 77 heavy (non-hydrogen) atoms. The highest BCUT2D eigenvalue weighted by molar-refractivity contribution is 5.71. The molecule has 0 amide bonds. The third-order valence-corrected chi connectivity index (χ3v) is 14.0. The number of rotatable bonds is 59. The van der Waals surface area contributed by atoms with E-state index in [9.17, 15) is 14.4 Å². The van der Waals surface area contributed by atoms with Gasteiger partial charge >= 0.3 is 17.9 Å². The number of carbonyl (C=O) groups excluding carboxylic acids is 3. The predicted molar refractivity (Wildman–Crippen MR) is 334 cm³/mol. The fraction of sp³-hybridized carbons (Fsp3) is 0.732. The first-order valence-corrected chi connectivity index (χ1v) is 32.7. The van der Waals surface area contributed by atoms with Gasteiger partial charge in [0.1, 0.15) is 13.2 Å². The molecule has 0 aliphatic carbocycles. The van der Waals surface area contributed by atoms with Crippen LogP contribution in [-0.2, 0) is 28.6 Å². The third kappa shape index (κ3) is 63.0. The van der Waals surface area contributed by atoms with Crippen LogP contribution in [0.15, 0.2) is 97.2 Å². The van der Waals surface area contributed by atoms with E-state index < -0.39 is 6.10 Å². The average molecular weight is 1070 g/mol. The van der Waals surface area contributed by atoms with Crippen LogP contribution >= 0.6 is 0 Å². The van der Waals surface area contributed by atoms with Crippen molar-refractivity contribution < 1.29 is 28.6 Å². The lowest BCUT2D eigenvalue weighted by Crippen LogP contribution is -2.30. The van der Waals surface area contributed by atoms with Crippen molar-refractivity contribution in [2.75, 3.05) is 13.2 Å². The highest BCUT2D eigenvalue weighted by atomic mass is 16.6. The van der Waals surface area contributed by atoms with E-state index in [1.165, 1.54) is 167 Å². The number of hydrogen-bond donors (Lipinski definition) is 0. The summed E-state index contributed by atoms with van der Waals surface area (Å²) >= 11 is 0. The molecule has 0 rings (SSSR count). The molecule has 6 heteroatoms. The minimum absolute atomic E-state index is 0.0842. The summed E-state index contributed by atoms with van der Waals surface area (Å²) in [6.07, 6.45) is 87.0. The quantitative estimate of drug-likeness (QED) is 0.0261. The largest absolute Gasteiger partial charge is 0.462 e. The number of unbranched alkanes of at least 4 members (excludes halogenated alkanes) is 32. The molecule has 1 atom stereocenters. The second-order valence-corrected chi connectivity index (χ2v) is 21.6. The van der Waals surface area contributed by atoms with Crippen molar-refractivity contribution in [3.05, 3.63) is 97.2 Å². The molecule has 6 nitrogen and oxygen atoms in total. The lowest BCUT2D eigenvalue weighted by atomic mass is 10.0. The van der Waals surface area contributed by atoms with Gasteiger partial charge in [-0.05, 0) is 116 Å². The summed E-state index contributed by atoms with van der Waals surface area (Å²) in [4.78, 5) is 38.3. The number of ether oxygens (including phenoxy) is 3. The van der Waals surface area contributed by atoms with E-state index in [1.807, 2.05) is 0 Å². The number of carbonyl (C=O) groups is 3. The minimum Gasteiger partial charge on any atom is -0.462 e. The zero-order valence-electron chi connectivity index (χ0n) is 50.7. The van der Waals surface area contributed by atoms with Crippen LogP contribution in [0.25, 0.3) is 0 Å². The van der Waals surface area contributed by atoms with Crippen LogP contribution < -0.4 is 0 Å². The van der Waals surface area contributed by atoms with Crippen LogP contribution in [0.4, 0.5) is 0 Å². The van der Waals surface area contributed by atoms with E-state index >= 15 is 0 Å². The van der Waals surface area contributed by atoms with Crippen molar-refractivity contribution in [3.8, 4) is 0 Å². The first kappa shape index (κ1) is 73.3. The molecule has 442 valence electrons. The first-order valence-electron chi connectivity index (χ1n) is 32.7. The monoisotopic (exact) mass is 1070 g/mol. The summed E-state index contributed by atoms with van der Waals surface area (Å²) in [6, 6.07) is 0. The zero-order valence-corrected chi connectivity index (χ0v) is 50.7. The van der Waals surface area contributed by atoms with Crippen LogP contribution in [0.1, 0.15) is 316 Å². The number of hydrogen-bond acceptors (Lipinski definition) is 6. The van der Waals surface area contributed by atoms with Crippen LogP contribution in [0.2, 0.25) is 0 Å². The molecule has 0 aliphatic heterocycles. The minimum atomic E-state index is -0.789. The zero-order chi connectivity index (χ0) is 55.7. The Morgan fingerprint density at radius 2 is 0.519 bits per heavy atom. The maximum atomic E-state index is 12.9. The van der Waals surface area contributed by atoms with Gasteiger partial charge in [0.05, 0.1) is 0 Å². The van der Waals surface area contributed by atoms with Gasteiger partial charge in [0.2, 0.25) is 0 Å². The highest BCUT2D eigenvalue weighted by Crippen LogP contribution is 2.16. The molecule has 0 radical (unpaired) electrons. The lowest BCUT2D eigenvalue weighted by Gasteiger charge is -2.18. The molecule has 0 bridgehead atoms. The molecule has 0 heterocycles. The Hall–Kier alpha value is -3.67. The summed E-state index contributed by atoms with van der Waals surface area (Å²) in [5.74, 6) is -0.897. The molecule has 0 spiro atoms. The van der Waals surface area contributed by atoms with E-state index in [-0.39, 0.29) is 31.1 Å². The highest BCUT2D eigenvalue weighted by Gasteiger charge is 2.19. The van der Waals surface area contributed by atoms with Crippen molar-refractivity contribution in [2.45, 2.75) is 322 Å². The van der Waals surface area contributed by atoms with Gasteiger partial charge in [0, 0.05) is 19.3 Å². The Bertz CT molecular complexity index is 1510. The Kier molecular flexibility index (Phi) is 61.8. The molecule has 0 aromatic rings. The van der Waals surface area contributed by atoms with Crippen LogP contribution in [0, 0.1) is 0 Å². The Labute approximate surface area is 477 Å². The van der Waals surface area contributed by atoms with Crippen LogP contribution in [0.5, 0.6) is 0 Å². The van der Waals surface area contributed by atoms with Crippen molar-refractivity contribution in [3.63, 3.8) is 0 Å². The topological polar surface area (TPSA) is 78.9 Å². The Balaban J connectivity index is 4.29. The fourth-order valence-electron chi connectivity index (χ4n) is 9.13. The number of allylic oxidation sites excluding steroid dienone is 16. The van der Waals surface area contributed by atoms with Gasteiger partial charge in [-0.3, -0.25) is 14.4 Å². The number of esters is 3. The lowest BCUT2D eigenvalue weighted by molar-refractivity contribution is -0.167. The van der Waals surface area contributed by atoms with E-state index in [1.54, 1.807) is 0 Å². The van der Waals surface area contributed by atoms with Gasteiger partial charge in [-0.15, -0.1) is 0 Å². The molecular formula is C71H122O6. The molecule has 0 N–H and O–H groups in total. The Morgan fingerprint density at radius 1 is 0.273 bits per heavy atom. The van der Waals surface area contributed by atoms with E-state index in [4.69, 9.17) is 14.2 Å². The molecule has 0 fully saturated rings. The second kappa shape index (κ2) is 64.9. The summed E-state index contributed by atoms with van der Waals surface area (Å²) in [6.45, 7) is 6.49. The fourth-order valence-corrected chi connectivity index (χ4v) is 9.13. The maximum absolute atomic E-state index is 12.9. The summed E-state index contributed by atoms with van der Waals surface area (Å²) in [5.41, 5.74) is 0. The third-order valence-electron chi connectivity index (χ3n) is 14.0. The SMILES string of the molecule is CC/C=C\C/C=C\C/C=C\C/C=C\C/C=C\CCCCCCCCCC(=O)OC(COC(=O)CCCCCCC/C=C\CCCC)COC(=O)CCCCCCCCCCCCCCC/C=C\C/C=C\CCCCCCC. The van der Waals surface area contributed by atoms with Crippen molar-refractivity contribution >= 4 is 17.9 Å². The average Bonchev–Trinajstić information content (AvgIpc) is 3.43. The molecule has 0 aromatic carbocycles. The van der Waals surface area contributed by atoms with Gasteiger partial charge in [-0.25, -0.2) is 0 Å². The van der Waals surface area contributed by atoms with Crippen LogP contribution in [0.3, 0.4) is 0 Å². The van der Waals surface area contributed by atoms with Crippen molar-refractivity contribution in [1.82, 2.24) is 0 Å². The van der Waals surface area contributed by atoms with Gasteiger partial charge < -0.3 is 14.2 Å². The summed E-state index contributed by atoms with van der Waals surface area (Å²) in [5, 5.41) is 0. The molecule has 0 saturated carbocycles. The molecule has 0 aromatic heterocycles. The second-order valence-electron chi connectivity index (χ2n) is 21.6. The Morgan fingerprint density at radius 3 is 0.844 bits per heavy atom. The van der Waals surface area contributed by atoms with E-state index in [0.717, 1.165) is 109 Å². The van der Waals surface area contributed by atoms with Crippen molar-refractivity contribution in [2.24, 2.45) is 0 Å². The van der Waals surface area contributed by atoms with Gasteiger partial charge in [-0.1, -0.05) is 279 Å². The molecule has 1 unspecified atom stereocenters. The summed E-state index contributed by atoms with van der Waals surface area (Å²) < 4.78 is 16.9. The van der Waals surface area contributed by atoms with Gasteiger partial charge in [0.25, 0.3) is 0 Å². The van der Waals surface area contributed by atoms with E-state index in [2.05, 4.69) is 118 Å². The first-order chi connectivity index (χ1) is 38.0. The predicted octanol–water partition coefficient (Wildman–Crippen LogP) is 22.4. The molecule has 0 aliphatic rings. The molecule has 0 saturated heterocycles. The maximum Gasteiger partial charge on any atom is 0.306 e. The van der Waals surface area contributed by atoms with Gasteiger partial charge in [0.15, 0.2) is 6.10 Å². The summed E-state index contributed by atoms with van der Waals surface area (Å²) in [7, 11) is 0. The van der Waals surface area contributed by atoms with Crippen molar-refractivity contribution in [1.29, 1.82) is 0 Å². The standard InChI is InChI=1S/C71H122O6/c1-4-7-10-13-16-19-22-24-26-28-30-32-34-35-37-38-40-42-44-46-49-52-55-58-61-64-70(73)76-67-68(66-75-69(72)63-60-57-54-51-48-21-18-15-12-9-6-3)77-71(74)65-62-59-56-53-50-47-45-43-41-39-36-33-31-29-27-25-23-20-17-14-11-8-5-2/h8,11,15,17-18,20,22,24-25,27-28,30-31,33,39,41,68H,4-7,9-10,12-14,16,19,21,23,26,29,32,34-38,40,42-67H2,1-3H3/b11-8-,18-15-,20-17-,24-22-,27-25-,30-28-,33-31-,41-39-. The van der Waals surface area contributed by atoms with Crippen LogP contribution in [-0.4, -0.2) is 37.2 Å². The van der Waals surface area contributed by atoms with Gasteiger partial charge in [-0.2, -0.15) is 0 Å². The molecular weight excluding hydrogens is 949 g/mol. The normalized spacial score (nSPS) is 12.7. The van der Waals surface area contributed by atoms with E-state index in [0.29, 0.717) is 19.3 Å².